The molecule has 0 aliphatic heterocycles. The van der Waals surface area contributed by atoms with Crippen LogP contribution in [0.2, 0.25) is 0 Å². The number of hydrogen-bond donors (Lipinski definition) is 0. The lowest BCUT2D eigenvalue weighted by molar-refractivity contribution is -0.0443. The van der Waals surface area contributed by atoms with Crippen molar-refractivity contribution < 1.29 is 26.5 Å². The Bertz CT molecular complexity index is 305. The maximum Gasteiger partial charge on any atom is 0.187 e. The van der Waals surface area contributed by atoms with Crippen molar-refractivity contribution in [3.05, 3.63) is 0 Å². The zero-order valence-corrected chi connectivity index (χ0v) is 23.7. The van der Waals surface area contributed by atoms with Crippen molar-refractivity contribution in [3.63, 3.8) is 0 Å². The van der Waals surface area contributed by atoms with Crippen LogP contribution in [0.4, 0.5) is 0 Å². The zero-order valence-electron chi connectivity index (χ0n) is 20.3. The Morgan fingerprint density at radius 3 is 1.28 bits per heavy atom. The highest BCUT2D eigenvalue weighted by atomic mass is 79.9. The van der Waals surface area contributed by atoms with E-state index in [1.807, 2.05) is 0 Å². The van der Waals surface area contributed by atoms with Crippen LogP contribution in [0.25, 0.3) is 0 Å². The van der Waals surface area contributed by atoms with Crippen LogP contribution in [0.3, 0.4) is 0 Å². The summed E-state index contributed by atoms with van der Waals surface area (Å²) in [5, 5.41) is 0. The molecule has 0 saturated heterocycles. The molecule has 1 atom stereocenters. The Labute approximate surface area is 200 Å². The first-order chi connectivity index (χ1) is 13.7. The Kier molecular flexibility index (Phi) is 28.0. The normalized spacial score (nSPS) is 12.5. The quantitative estimate of drug-likeness (QED) is 0.0942. The van der Waals surface area contributed by atoms with Gasteiger partial charge in [-0.1, -0.05) is 103 Å². The van der Waals surface area contributed by atoms with Crippen molar-refractivity contribution in [2.75, 3.05) is 26.7 Å². The summed E-state index contributed by atoms with van der Waals surface area (Å²) in [5.41, 5.74) is 0. The van der Waals surface area contributed by atoms with E-state index in [0.29, 0.717) is 10.9 Å². The van der Waals surface area contributed by atoms with Gasteiger partial charge in [0.15, 0.2) is 9.52 Å². The lowest BCUT2D eigenvalue weighted by Gasteiger charge is -2.18. The first-order valence-electron chi connectivity index (χ1n) is 12.0. The largest absolute Gasteiger partial charge is 1.00 e. The molecule has 0 aromatic carbocycles. The van der Waals surface area contributed by atoms with Crippen LogP contribution in [-0.2, 0) is 20.4 Å². The number of methoxy groups -OCH3 is 2. The van der Waals surface area contributed by atoms with E-state index in [4.69, 9.17) is 9.47 Å². The van der Waals surface area contributed by atoms with Gasteiger partial charge in [0, 0.05) is 14.2 Å². The minimum atomic E-state index is 0. The van der Waals surface area contributed by atoms with E-state index in [-0.39, 0.29) is 22.9 Å². The van der Waals surface area contributed by atoms with Gasteiger partial charge in [0.2, 0.25) is 0 Å². The van der Waals surface area contributed by atoms with Gasteiger partial charge in [-0.05, 0) is 23.7 Å². The van der Waals surface area contributed by atoms with Crippen LogP contribution in [0, 0.1) is 0 Å². The molecule has 0 aliphatic carbocycles. The third-order valence-electron chi connectivity index (χ3n) is 5.64. The van der Waals surface area contributed by atoms with Crippen LogP contribution in [-0.4, -0.2) is 47.0 Å². The minimum absolute atomic E-state index is 0. The molecule has 2 radical (unpaired) electrons. The van der Waals surface area contributed by atoms with Crippen LogP contribution < -0.4 is 17.0 Å². The lowest BCUT2D eigenvalue weighted by Crippen LogP contribution is -3.00. The molecule has 2 nitrogen and oxygen atoms in total. The molecule has 0 bridgehead atoms. The zero-order chi connectivity index (χ0) is 20.9. The van der Waals surface area contributed by atoms with E-state index in [0.717, 1.165) is 14.4 Å². The molecule has 0 rings (SSSR count). The SMILES string of the molecule is CCCCCCCCCCCCCCCCCCC([Si]C(OC)OC)[S+](C)C.[Br-]. The van der Waals surface area contributed by atoms with Crippen molar-refractivity contribution in [2.24, 2.45) is 0 Å². The number of rotatable bonds is 22. The van der Waals surface area contributed by atoms with Crippen LogP contribution >= 0.6 is 0 Å². The van der Waals surface area contributed by atoms with Crippen molar-refractivity contribution in [3.8, 4) is 0 Å². The molecule has 0 saturated carbocycles. The molecule has 29 heavy (non-hydrogen) atoms. The second kappa shape index (κ2) is 25.2. The third kappa shape index (κ3) is 22.0. The summed E-state index contributed by atoms with van der Waals surface area (Å²) in [7, 11) is 4.75. The number of halogens is 1. The van der Waals surface area contributed by atoms with Crippen molar-refractivity contribution in [2.45, 2.75) is 127 Å². The van der Waals surface area contributed by atoms with E-state index >= 15 is 0 Å². The van der Waals surface area contributed by atoms with Gasteiger partial charge in [0.1, 0.15) is 10.8 Å². The molecule has 0 fully saturated rings. The van der Waals surface area contributed by atoms with Gasteiger partial charge in [-0.3, -0.25) is 0 Å². The molecular weight excluding hydrogens is 460 g/mol. The highest BCUT2D eigenvalue weighted by Crippen LogP contribution is 2.16. The Hall–Kier alpha value is 0.967. The van der Waals surface area contributed by atoms with Gasteiger partial charge in [0.05, 0.1) is 12.5 Å². The fourth-order valence-electron chi connectivity index (χ4n) is 3.72. The molecule has 176 valence electrons. The monoisotopic (exact) mass is 510 g/mol. The lowest BCUT2D eigenvalue weighted by atomic mass is 10.0. The number of ether oxygens (including phenoxy) is 2. The van der Waals surface area contributed by atoms with Crippen LogP contribution in [0.15, 0.2) is 0 Å². The van der Waals surface area contributed by atoms with Crippen LogP contribution in [0.1, 0.15) is 116 Å². The Morgan fingerprint density at radius 2 is 0.966 bits per heavy atom. The fourth-order valence-corrected chi connectivity index (χ4v) is 6.72. The first-order valence-corrected chi connectivity index (χ1v) is 15.3. The fraction of sp³-hybridized carbons (Fsp3) is 1.00. The minimum Gasteiger partial charge on any atom is -1.00 e. The second-order valence-electron chi connectivity index (χ2n) is 8.43. The molecule has 0 aromatic rings. The summed E-state index contributed by atoms with van der Waals surface area (Å²) in [6.07, 6.45) is 29.1. The van der Waals surface area contributed by atoms with Crippen molar-refractivity contribution in [1.82, 2.24) is 0 Å². The van der Waals surface area contributed by atoms with Crippen molar-refractivity contribution >= 4 is 20.4 Å². The summed E-state index contributed by atoms with van der Waals surface area (Å²) >= 11 is 0. The van der Waals surface area contributed by atoms with Gasteiger partial charge in [-0.2, -0.15) is 0 Å². The van der Waals surface area contributed by atoms with Gasteiger partial charge in [0.25, 0.3) is 0 Å². The molecule has 0 aliphatic rings. The highest BCUT2D eigenvalue weighted by Gasteiger charge is 2.26. The summed E-state index contributed by atoms with van der Waals surface area (Å²) < 4.78 is 10.8. The van der Waals surface area contributed by atoms with E-state index in [9.17, 15) is 0 Å². The van der Waals surface area contributed by atoms with Gasteiger partial charge in [-0.25, -0.2) is 0 Å². The molecule has 0 amide bonds. The molecule has 0 heterocycles. The Morgan fingerprint density at radius 1 is 0.621 bits per heavy atom. The summed E-state index contributed by atoms with van der Waals surface area (Å²) in [4.78, 5) is 0.775. The van der Waals surface area contributed by atoms with E-state index < -0.39 is 0 Å². The predicted octanol–water partition coefficient (Wildman–Crippen LogP) is 4.13. The molecule has 5 heteroatoms. The van der Waals surface area contributed by atoms with E-state index in [1.165, 1.54) is 109 Å². The maximum absolute atomic E-state index is 5.41. The molecule has 1 unspecified atom stereocenters. The number of unbranched alkanes of at least 4 members (excludes halogenated alkanes) is 15. The second-order valence-corrected chi connectivity index (χ2v) is 12.7. The van der Waals surface area contributed by atoms with Gasteiger partial charge in [-0.15, -0.1) is 0 Å². The average Bonchev–Trinajstić information content (AvgIpc) is 2.69. The summed E-state index contributed by atoms with van der Waals surface area (Å²) in [6, 6.07) is 0. The molecule has 0 spiro atoms. The predicted molar refractivity (Wildman–Crippen MR) is 131 cm³/mol. The summed E-state index contributed by atoms with van der Waals surface area (Å²) in [5.74, 6) is 0.000887. The topological polar surface area (TPSA) is 18.5 Å². The van der Waals surface area contributed by atoms with Gasteiger partial charge < -0.3 is 26.5 Å². The average molecular weight is 512 g/mol. The van der Waals surface area contributed by atoms with Gasteiger partial charge >= 0.3 is 0 Å². The van der Waals surface area contributed by atoms with Crippen molar-refractivity contribution in [1.29, 1.82) is 0 Å². The third-order valence-corrected chi connectivity index (χ3v) is 10.2. The molecule has 0 aromatic heterocycles. The molecule has 0 N–H and O–H groups in total. The van der Waals surface area contributed by atoms with E-state index in [1.54, 1.807) is 14.2 Å². The Balaban J connectivity index is 0. The summed E-state index contributed by atoms with van der Waals surface area (Å²) in [6.45, 7) is 2.30. The van der Waals surface area contributed by atoms with E-state index in [2.05, 4.69) is 19.4 Å². The smallest absolute Gasteiger partial charge is 0.187 e. The molecular formula is C24H51BrO2SSi. The standard InChI is InChI=1S/C24H51O2SSi.BrH/c1-6-7-8-9-10-11-12-13-14-15-16-17-18-19-20-21-22-23(27(4)5)28-24(25-2)26-3;/h23-24H,6-22H2,1-5H3;1H/q+1;/p-1. The van der Waals surface area contributed by atoms with Crippen LogP contribution in [0.5, 0.6) is 0 Å². The maximum atomic E-state index is 5.41. The highest BCUT2D eigenvalue weighted by molar-refractivity contribution is 7.97. The number of hydrogen-bond acceptors (Lipinski definition) is 2. The first kappa shape index (κ1) is 32.1.